The highest BCUT2D eigenvalue weighted by Gasteiger charge is 2.32. The molecule has 3 aromatic rings. The maximum absolute atomic E-state index is 12.5. The predicted octanol–water partition coefficient (Wildman–Crippen LogP) is 4.97. The zero-order valence-corrected chi connectivity index (χ0v) is 31.1. The summed E-state index contributed by atoms with van der Waals surface area (Å²) in [6, 6.07) is 14.4. The molecule has 1 aliphatic heterocycles. The van der Waals surface area contributed by atoms with Crippen LogP contribution < -0.4 is 35.0 Å². The third kappa shape index (κ3) is 10.5. The van der Waals surface area contributed by atoms with Gasteiger partial charge in [0.1, 0.15) is 13.2 Å². The second kappa shape index (κ2) is 18.8. The van der Waals surface area contributed by atoms with E-state index in [2.05, 4.69) is 43.8 Å². The van der Waals surface area contributed by atoms with Crippen molar-refractivity contribution in [3.05, 3.63) is 91.7 Å². The van der Waals surface area contributed by atoms with E-state index >= 15 is 0 Å². The van der Waals surface area contributed by atoms with Crippen molar-refractivity contribution >= 4 is 46.8 Å². The van der Waals surface area contributed by atoms with Crippen LogP contribution in [0.5, 0.6) is 23.0 Å². The van der Waals surface area contributed by atoms with Gasteiger partial charge >= 0.3 is 18.0 Å². The number of benzene rings is 3. The molecule has 2 atom stereocenters. The van der Waals surface area contributed by atoms with Gasteiger partial charge in [0, 0.05) is 5.70 Å². The van der Waals surface area contributed by atoms with Gasteiger partial charge in [0.15, 0.2) is 29.2 Å². The SMILES string of the molecule is CCOC(=O)c1ccc(COc2c(I)cc(/C=N/N[C@@H](O)COc3ccc([C@H]4NC(=O)NC(C)=C4C(=O)OC)cc3OCC)cc2OCC)cc1. The fraction of sp³-hybridized carbons (Fsp3) is 0.333. The number of hydrogen-bond acceptors (Lipinski definition) is 12. The summed E-state index contributed by atoms with van der Waals surface area (Å²) in [5.74, 6) is 0.835. The lowest BCUT2D eigenvalue weighted by Gasteiger charge is -2.28. The number of aliphatic hydroxyl groups excluding tert-OH is 1. The van der Waals surface area contributed by atoms with E-state index in [1.807, 2.05) is 32.0 Å². The van der Waals surface area contributed by atoms with E-state index in [0.717, 1.165) is 9.13 Å². The summed E-state index contributed by atoms with van der Waals surface area (Å²) >= 11 is 2.16. The molecule has 4 rings (SSSR count). The van der Waals surface area contributed by atoms with Crippen LogP contribution in [0.1, 0.15) is 60.8 Å². The van der Waals surface area contributed by atoms with Gasteiger partial charge in [0.2, 0.25) is 0 Å². The summed E-state index contributed by atoms with van der Waals surface area (Å²) < 4.78 is 34.3. The molecular formula is C36H41IN4O10. The van der Waals surface area contributed by atoms with Gasteiger partial charge < -0.3 is 44.2 Å². The minimum absolute atomic E-state index is 0.178. The average molecular weight is 817 g/mol. The molecule has 51 heavy (non-hydrogen) atoms. The molecule has 0 bridgehead atoms. The van der Waals surface area contributed by atoms with Gasteiger partial charge in [-0.1, -0.05) is 18.2 Å². The van der Waals surface area contributed by atoms with Gasteiger partial charge in [-0.15, -0.1) is 0 Å². The molecule has 0 aromatic heterocycles. The smallest absolute Gasteiger partial charge is 0.338 e. The van der Waals surface area contributed by atoms with Crippen LogP contribution in [-0.4, -0.2) is 69.1 Å². The van der Waals surface area contributed by atoms with Gasteiger partial charge in [-0.3, -0.25) is 5.43 Å². The first-order chi connectivity index (χ1) is 24.6. The van der Waals surface area contributed by atoms with Crippen molar-refractivity contribution in [1.82, 2.24) is 16.1 Å². The minimum Gasteiger partial charge on any atom is -0.490 e. The summed E-state index contributed by atoms with van der Waals surface area (Å²) in [5.41, 5.74) is 5.90. The Kier molecular flexibility index (Phi) is 14.3. The van der Waals surface area contributed by atoms with Crippen molar-refractivity contribution in [3.8, 4) is 23.0 Å². The first-order valence-corrected chi connectivity index (χ1v) is 17.2. The van der Waals surface area contributed by atoms with E-state index in [1.165, 1.54) is 13.3 Å². The summed E-state index contributed by atoms with van der Waals surface area (Å²) in [6.45, 7) is 8.18. The number of methoxy groups -OCH3 is 1. The Bertz CT molecular complexity index is 1760. The number of hydrogen-bond donors (Lipinski definition) is 4. The number of aliphatic hydroxyl groups is 1. The lowest BCUT2D eigenvalue weighted by atomic mass is 9.95. The van der Waals surface area contributed by atoms with Crippen LogP contribution in [-0.2, 0) is 20.9 Å². The number of urea groups is 1. The Morgan fingerprint density at radius 2 is 1.67 bits per heavy atom. The number of halogens is 1. The van der Waals surface area contributed by atoms with Gasteiger partial charge in [-0.05, 0) is 103 Å². The van der Waals surface area contributed by atoms with Crippen molar-refractivity contribution < 1.29 is 47.9 Å². The van der Waals surface area contributed by atoms with E-state index in [1.54, 1.807) is 50.2 Å². The number of allylic oxidation sites excluding steroid dienone is 1. The minimum atomic E-state index is -1.18. The number of nitrogens with one attached hydrogen (secondary N) is 3. The Hall–Kier alpha value is -5.03. The molecule has 0 radical (unpaired) electrons. The highest BCUT2D eigenvalue weighted by Crippen LogP contribution is 2.36. The molecule has 0 fully saturated rings. The number of carbonyl (C=O) groups is 3. The summed E-state index contributed by atoms with van der Waals surface area (Å²) in [4.78, 5) is 36.6. The molecule has 2 amide bonds. The number of amides is 2. The molecule has 3 aromatic carbocycles. The number of esters is 2. The number of ether oxygens (including phenoxy) is 6. The molecular weight excluding hydrogens is 775 g/mol. The Morgan fingerprint density at radius 1 is 0.941 bits per heavy atom. The third-order valence-electron chi connectivity index (χ3n) is 7.29. The van der Waals surface area contributed by atoms with E-state index in [4.69, 9.17) is 28.4 Å². The lowest BCUT2D eigenvalue weighted by molar-refractivity contribution is -0.136. The van der Waals surface area contributed by atoms with Crippen LogP contribution >= 0.6 is 22.6 Å². The highest BCUT2D eigenvalue weighted by atomic mass is 127. The van der Waals surface area contributed by atoms with Crippen LogP contribution in [0.4, 0.5) is 4.79 Å². The topological polar surface area (TPSA) is 175 Å². The van der Waals surface area contributed by atoms with Gasteiger partial charge in [0.05, 0.1) is 53.9 Å². The molecule has 0 aliphatic carbocycles. The maximum Gasteiger partial charge on any atom is 0.338 e. The molecule has 0 saturated carbocycles. The van der Waals surface area contributed by atoms with Gasteiger partial charge in [-0.25, -0.2) is 14.4 Å². The molecule has 0 spiro atoms. The van der Waals surface area contributed by atoms with Gasteiger partial charge in [-0.2, -0.15) is 5.10 Å². The molecule has 4 N–H and O–H groups in total. The molecule has 1 heterocycles. The fourth-order valence-electron chi connectivity index (χ4n) is 4.99. The third-order valence-corrected chi connectivity index (χ3v) is 8.09. The quantitative estimate of drug-likeness (QED) is 0.0477. The fourth-order valence-corrected chi connectivity index (χ4v) is 5.77. The average Bonchev–Trinajstić information content (AvgIpc) is 3.10. The standard InChI is InChI=1S/C36H41IN4O10/c1-6-47-28-17-25(32-31(35(44)46-5)21(4)39-36(45)40-32)13-14-27(28)50-20-30(42)41-38-18-23-15-26(37)33(29(16-23)48-7-2)51-19-22-9-11-24(12-10-22)34(43)49-8-3/h9-18,30,32,41-42H,6-8,19-20H2,1-5H3,(H2,39,40,45)/b38-18+/t30-,32+/m0/s1. The number of nitrogens with zero attached hydrogens (tertiary/aromatic N) is 1. The van der Waals surface area contributed by atoms with Crippen LogP contribution in [0, 0.1) is 3.57 Å². The molecule has 1 aliphatic rings. The van der Waals surface area contributed by atoms with E-state index < -0.39 is 24.3 Å². The molecule has 15 heteroatoms. The molecule has 0 unspecified atom stereocenters. The van der Waals surface area contributed by atoms with Crippen LogP contribution in [0.3, 0.4) is 0 Å². The van der Waals surface area contributed by atoms with Crippen molar-refractivity contribution in [2.75, 3.05) is 33.5 Å². The van der Waals surface area contributed by atoms with Crippen LogP contribution in [0.15, 0.2) is 71.0 Å². The van der Waals surface area contributed by atoms with E-state index in [0.29, 0.717) is 65.2 Å². The molecule has 272 valence electrons. The number of hydrazone groups is 1. The normalized spacial score (nSPS) is 14.6. The molecule has 14 nitrogen and oxygen atoms in total. The Balaban J connectivity index is 1.38. The second-order valence-corrected chi connectivity index (χ2v) is 12.0. The van der Waals surface area contributed by atoms with Crippen molar-refractivity contribution in [3.63, 3.8) is 0 Å². The zero-order valence-electron chi connectivity index (χ0n) is 28.9. The number of carbonyl (C=O) groups excluding carboxylic acids is 3. The van der Waals surface area contributed by atoms with E-state index in [9.17, 15) is 19.5 Å². The predicted molar refractivity (Wildman–Crippen MR) is 196 cm³/mol. The molecule has 0 saturated heterocycles. The summed E-state index contributed by atoms with van der Waals surface area (Å²) in [7, 11) is 1.27. The van der Waals surface area contributed by atoms with Crippen molar-refractivity contribution in [1.29, 1.82) is 0 Å². The first kappa shape index (κ1) is 38.8. The van der Waals surface area contributed by atoms with E-state index in [-0.39, 0.29) is 24.8 Å². The zero-order chi connectivity index (χ0) is 36.9. The van der Waals surface area contributed by atoms with Crippen LogP contribution in [0.2, 0.25) is 0 Å². The van der Waals surface area contributed by atoms with Crippen molar-refractivity contribution in [2.24, 2.45) is 5.10 Å². The van der Waals surface area contributed by atoms with Gasteiger partial charge in [0.25, 0.3) is 0 Å². The highest BCUT2D eigenvalue weighted by molar-refractivity contribution is 14.1. The summed E-state index contributed by atoms with van der Waals surface area (Å²) in [5, 5.41) is 20.1. The second-order valence-electron chi connectivity index (χ2n) is 10.9. The monoisotopic (exact) mass is 816 g/mol. The largest absolute Gasteiger partial charge is 0.490 e. The Labute approximate surface area is 309 Å². The Morgan fingerprint density at radius 3 is 2.35 bits per heavy atom. The van der Waals surface area contributed by atoms with Crippen LogP contribution in [0.25, 0.3) is 0 Å². The maximum atomic E-state index is 12.5. The number of rotatable bonds is 17. The summed E-state index contributed by atoms with van der Waals surface area (Å²) in [6.07, 6.45) is 0.354. The lowest BCUT2D eigenvalue weighted by Crippen LogP contribution is -2.45. The van der Waals surface area contributed by atoms with Crippen molar-refractivity contribution in [2.45, 2.75) is 46.6 Å². The first-order valence-electron chi connectivity index (χ1n) is 16.2.